The maximum atomic E-state index is 13.2. The maximum absolute atomic E-state index is 13.2. The molecule has 0 bridgehead atoms. The van der Waals surface area contributed by atoms with E-state index in [1.54, 1.807) is 29.7 Å². The maximum Gasteiger partial charge on any atom is 0.242 e. The average Bonchev–Trinajstić information content (AvgIpc) is 3.02. The fourth-order valence-corrected chi connectivity index (χ4v) is 4.64. The number of carbonyl (C=O) groups is 2. The van der Waals surface area contributed by atoms with Crippen LogP contribution in [-0.4, -0.2) is 63.4 Å². The second-order valence-electron chi connectivity index (χ2n) is 8.76. The molecule has 0 aromatic carbocycles. The molecule has 3 heterocycles. The lowest BCUT2D eigenvalue weighted by molar-refractivity contribution is -0.140. The van der Waals surface area contributed by atoms with Crippen molar-refractivity contribution < 1.29 is 14.3 Å². The molecular formula is C25H32N4O3. The topological polar surface area (TPSA) is 75.6 Å². The minimum absolute atomic E-state index is 0.00170. The largest absolute Gasteiger partial charge is 0.370 e. The molecule has 0 N–H and O–H groups in total. The van der Waals surface area contributed by atoms with Gasteiger partial charge in [0.05, 0.1) is 19.3 Å². The van der Waals surface area contributed by atoms with Gasteiger partial charge in [-0.2, -0.15) is 0 Å². The summed E-state index contributed by atoms with van der Waals surface area (Å²) < 4.78 is 6.24. The van der Waals surface area contributed by atoms with Gasteiger partial charge in [-0.05, 0) is 54.7 Å². The highest BCUT2D eigenvalue weighted by atomic mass is 16.5. The van der Waals surface area contributed by atoms with Gasteiger partial charge in [0, 0.05) is 50.3 Å². The summed E-state index contributed by atoms with van der Waals surface area (Å²) in [7, 11) is 0. The van der Waals surface area contributed by atoms with E-state index in [0.717, 1.165) is 36.8 Å². The van der Waals surface area contributed by atoms with Crippen LogP contribution < -0.4 is 0 Å². The summed E-state index contributed by atoms with van der Waals surface area (Å²) in [5.74, 6) is 0.0438. The first-order valence-corrected chi connectivity index (χ1v) is 11.7. The van der Waals surface area contributed by atoms with Gasteiger partial charge in [0.1, 0.15) is 0 Å². The number of ether oxygens (including phenoxy) is 1. The van der Waals surface area contributed by atoms with Crippen molar-refractivity contribution in [3.63, 3.8) is 0 Å². The molecule has 4 rings (SSSR count). The lowest BCUT2D eigenvalue weighted by Crippen LogP contribution is -2.46. The second kappa shape index (κ2) is 11.2. The number of aryl methyl sites for hydroxylation is 1. The standard InChI is InChI=1S/C25H32N4O3/c30-24(7-6-20-8-12-26-13-9-20)28-16-23(32-19-21-10-14-27-15-11-21)17-29(25(31)18-28)22-4-2-1-3-5-22/h8-15,22-23H,1-7,16-19H2/t23-/m0/s1. The molecule has 0 radical (unpaired) electrons. The van der Waals surface area contributed by atoms with E-state index in [-0.39, 0.29) is 30.5 Å². The number of aromatic nitrogens is 2. The van der Waals surface area contributed by atoms with Crippen molar-refractivity contribution in [2.75, 3.05) is 19.6 Å². The number of hydrogen-bond donors (Lipinski definition) is 0. The van der Waals surface area contributed by atoms with Gasteiger partial charge in [-0.15, -0.1) is 0 Å². The summed E-state index contributed by atoms with van der Waals surface area (Å²) in [5.41, 5.74) is 2.11. The van der Waals surface area contributed by atoms with Crippen LogP contribution in [0.2, 0.25) is 0 Å². The van der Waals surface area contributed by atoms with Crippen LogP contribution in [0.25, 0.3) is 0 Å². The number of amides is 2. The molecule has 1 saturated carbocycles. The third kappa shape index (κ3) is 6.13. The summed E-state index contributed by atoms with van der Waals surface area (Å²) in [4.78, 5) is 38.0. The van der Waals surface area contributed by atoms with E-state index in [2.05, 4.69) is 9.97 Å². The zero-order valence-electron chi connectivity index (χ0n) is 18.6. The van der Waals surface area contributed by atoms with Gasteiger partial charge in [-0.25, -0.2) is 0 Å². The number of pyridine rings is 2. The Labute approximate surface area is 189 Å². The molecule has 2 aromatic rings. The van der Waals surface area contributed by atoms with Crippen molar-refractivity contribution in [3.8, 4) is 0 Å². The third-order valence-corrected chi connectivity index (χ3v) is 6.45. The van der Waals surface area contributed by atoms with Gasteiger partial charge in [0.25, 0.3) is 0 Å². The molecule has 2 fully saturated rings. The highest BCUT2D eigenvalue weighted by Gasteiger charge is 2.34. The molecule has 1 atom stereocenters. The molecular weight excluding hydrogens is 404 g/mol. The van der Waals surface area contributed by atoms with Crippen LogP contribution in [-0.2, 0) is 27.4 Å². The summed E-state index contributed by atoms with van der Waals surface area (Å²) in [5, 5.41) is 0. The number of hydrogen-bond acceptors (Lipinski definition) is 5. The van der Waals surface area contributed by atoms with Crippen LogP contribution in [0, 0.1) is 0 Å². The first-order chi connectivity index (χ1) is 15.7. The van der Waals surface area contributed by atoms with Crippen molar-refractivity contribution in [1.29, 1.82) is 0 Å². The van der Waals surface area contributed by atoms with Gasteiger partial charge < -0.3 is 14.5 Å². The quantitative estimate of drug-likeness (QED) is 0.667. The normalized spacial score (nSPS) is 20.2. The summed E-state index contributed by atoms with van der Waals surface area (Å²) in [6, 6.07) is 7.96. The molecule has 7 nitrogen and oxygen atoms in total. The zero-order valence-corrected chi connectivity index (χ0v) is 18.6. The Morgan fingerprint density at radius 3 is 2.28 bits per heavy atom. The van der Waals surface area contributed by atoms with Crippen molar-refractivity contribution in [3.05, 3.63) is 60.2 Å². The van der Waals surface area contributed by atoms with Crippen LogP contribution in [0.15, 0.2) is 49.1 Å². The molecule has 2 aliphatic rings. The summed E-state index contributed by atoms with van der Waals surface area (Å²) in [6.07, 6.45) is 13.4. The van der Waals surface area contributed by atoms with E-state index < -0.39 is 0 Å². The van der Waals surface area contributed by atoms with Crippen molar-refractivity contribution in [2.45, 2.75) is 63.7 Å². The Balaban J connectivity index is 1.44. The Hall–Kier alpha value is -2.80. The monoisotopic (exact) mass is 436 g/mol. The fourth-order valence-electron chi connectivity index (χ4n) is 4.64. The molecule has 1 aliphatic carbocycles. The Morgan fingerprint density at radius 1 is 0.938 bits per heavy atom. The Morgan fingerprint density at radius 2 is 1.59 bits per heavy atom. The molecule has 1 saturated heterocycles. The first-order valence-electron chi connectivity index (χ1n) is 11.7. The molecule has 0 spiro atoms. The van der Waals surface area contributed by atoms with Crippen molar-refractivity contribution in [1.82, 2.24) is 19.8 Å². The van der Waals surface area contributed by atoms with E-state index in [4.69, 9.17) is 4.74 Å². The second-order valence-corrected chi connectivity index (χ2v) is 8.76. The molecule has 170 valence electrons. The fraction of sp³-hybridized carbons (Fsp3) is 0.520. The number of nitrogens with zero attached hydrogens (tertiary/aromatic N) is 4. The van der Waals surface area contributed by atoms with Gasteiger partial charge in [0.2, 0.25) is 11.8 Å². The third-order valence-electron chi connectivity index (χ3n) is 6.45. The van der Waals surface area contributed by atoms with E-state index in [1.165, 1.54) is 6.42 Å². The number of carbonyl (C=O) groups excluding carboxylic acids is 2. The zero-order chi connectivity index (χ0) is 22.2. The van der Waals surface area contributed by atoms with Gasteiger partial charge in [-0.1, -0.05) is 19.3 Å². The molecule has 2 aromatic heterocycles. The van der Waals surface area contributed by atoms with Gasteiger partial charge in [-0.3, -0.25) is 19.6 Å². The predicted molar refractivity (Wildman–Crippen MR) is 121 cm³/mol. The SMILES string of the molecule is O=C(CCc1ccncc1)N1CC(=O)N(C2CCCCC2)C[C@@H](OCc2ccncc2)C1. The molecule has 7 heteroatoms. The van der Waals surface area contributed by atoms with Crippen LogP contribution in [0.4, 0.5) is 0 Å². The summed E-state index contributed by atoms with van der Waals surface area (Å²) >= 11 is 0. The van der Waals surface area contributed by atoms with Crippen LogP contribution in [0.3, 0.4) is 0 Å². The molecule has 2 amide bonds. The van der Waals surface area contributed by atoms with Gasteiger partial charge in [0.15, 0.2) is 0 Å². The van der Waals surface area contributed by atoms with E-state index in [1.807, 2.05) is 29.2 Å². The smallest absolute Gasteiger partial charge is 0.242 e. The molecule has 32 heavy (non-hydrogen) atoms. The molecule has 0 unspecified atom stereocenters. The van der Waals surface area contributed by atoms with E-state index in [9.17, 15) is 9.59 Å². The van der Waals surface area contributed by atoms with Crippen LogP contribution in [0.1, 0.15) is 49.7 Å². The number of rotatable bonds is 7. The highest BCUT2D eigenvalue weighted by molar-refractivity contribution is 5.85. The average molecular weight is 437 g/mol. The van der Waals surface area contributed by atoms with Crippen molar-refractivity contribution in [2.24, 2.45) is 0 Å². The van der Waals surface area contributed by atoms with Gasteiger partial charge >= 0.3 is 0 Å². The lowest BCUT2D eigenvalue weighted by atomic mass is 9.94. The van der Waals surface area contributed by atoms with Crippen LogP contribution in [0.5, 0.6) is 0 Å². The summed E-state index contributed by atoms with van der Waals surface area (Å²) in [6.45, 7) is 1.57. The first kappa shape index (κ1) is 22.4. The predicted octanol–water partition coefficient (Wildman–Crippen LogP) is 3.00. The van der Waals surface area contributed by atoms with E-state index >= 15 is 0 Å². The van der Waals surface area contributed by atoms with E-state index in [0.29, 0.717) is 32.5 Å². The highest BCUT2D eigenvalue weighted by Crippen LogP contribution is 2.25. The lowest BCUT2D eigenvalue weighted by Gasteiger charge is -2.34. The molecule has 1 aliphatic heterocycles. The van der Waals surface area contributed by atoms with Crippen LogP contribution >= 0.6 is 0 Å². The Kier molecular flexibility index (Phi) is 7.82. The minimum Gasteiger partial charge on any atom is -0.370 e. The Bertz CT molecular complexity index is 871. The van der Waals surface area contributed by atoms with Crippen molar-refractivity contribution >= 4 is 11.8 Å². The minimum atomic E-state index is -0.207.